The Balaban J connectivity index is 2.06. The molecule has 112 valence electrons. The van der Waals surface area contributed by atoms with Crippen molar-refractivity contribution in [2.75, 3.05) is 0 Å². The molecule has 2 rings (SSSR count). The van der Waals surface area contributed by atoms with Gasteiger partial charge in [0.2, 0.25) is 0 Å². The van der Waals surface area contributed by atoms with E-state index in [-0.39, 0.29) is 5.54 Å². The van der Waals surface area contributed by atoms with Gasteiger partial charge in [0.25, 0.3) is 0 Å². The van der Waals surface area contributed by atoms with Crippen LogP contribution in [0.25, 0.3) is 0 Å². The van der Waals surface area contributed by atoms with Crippen molar-refractivity contribution in [1.29, 1.82) is 0 Å². The number of hydrogen-bond acceptors (Lipinski definition) is 3. The third kappa shape index (κ3) is 5.51. The van der Waals surface area contributed by atoms with Gasteiger partial charge < -0.3 is 5.32 Å². The molecule has 0 fully saturated rings. The highest BCUT2D eigenvalue weighted by atomic mass is 35.5. The third-order valence-electron chi connectivity index (χ3n) is 2.76. The first-order valence-electron chi connectivity index (χ1n) is 6.66. The van der Waals surface area contributed by atoms with E-state index < -0.39 is 0 Å². The minimum absolute atomic E-state index is 0.0734. The molecule has 1 aromatic heterocycles. The molecular weight excluding hydrogens is 323 g/mol. The van der Waals surface area contributed by atoms with E-state index >= 15 is 0 Å². The second-order valence-corrected chi connectivity index (χ2v) is 7.71. The van der Waals surface area contributed by atoms with Crippen molar-refractivity contribution in [2.45, 2.75) is 42.8 Å². The molecule has 0 aliphatic carbocycles. The van der Waals surface area contributed by atoms with E-state index in [2.05, 4.69) is 43.2 Å². The van der Waals surface area contributed by atoms with Gasteiger partial charge in [0.05, 0.1) is 5.02 Å². The molecule has 0 aliphatic rings. The van der Waals surface area contributed by atoms with Crippen LogP contribution in [0.4, 0.5) is 0 Å². The van der Waals surface area contributed by atoms with Crippen molar-refractivity contribution < 1.29 is 0 Å². The summed E-state index contributed by atoms with van der Waals surface area (Å²) in [6.45, 7) is 7.17. The molecule has 0 spiro atoms. The van der Waals surface area contributed by atoms with Gasteiger partial charge in [-0.3, -0.25) is 0 Å². The molecule has 21 heavy (non-hydrogen) atoms. The maximum Gasteiger partial charge on any atom is 0.101 e. The first kappa shape index (κ1) is 16.6. The largest absolute Gasteiger partial charge is 0.308 e. The maximum absolute atomic E-state index is 6.35. The topological polar surface area (TPSA) is 24.9 Å². The predicted octanol–water partition coefficient (Wildman–Crippen LogP) is 5.43. The fourth-order valence-corrected chi connectivity index (χ4v) is 2.86. The van der Waals surface area contributed by atoms with E-state index in [1.54, 1.807) is 18.0 Å². The van der Waals surface area contributed by atoms with Crippen molar-refractivity contribution in [2.24, 2.45) is 0 Å². The van der Waals surface area contributed by atoms with Crippen LogP contribution in [0.3, 0.4) is 0 Å². The lowest BCUT2D eigenvalue weighted by Gasteiger charge is -2.21. The Bertz CT molecular complexity index is 607. The monoisotopic (exact) mass is 340 g/mol. The molecule has 0 aliphatic heterocycles. The lowest BCUT2D eigenvalue weighted by molar-refractivity contribution is 0.424. The van der Waals surface area contributed by atoms with E-state index in [4.69, 9.17) is 23.2 Å². The van der Waals surface area contributed by atoms with Gasteiger partial charge in [-0.25, -0.2) is 4.98 Å². The molecule has 2 nitrogen and oxygen atoms in total. The van der Waals surface area contributed by atoms with Crippen LogP contribution in [0.2, 0.25) is 10.0 Å². The highest BCUT2D eigenvalue weighted by Crippen LogP contribution is 2.30. The van der Waals surface area contributed by atoms with Crippen LogP contribution in [-0.2, 0) is 6.54 Å². The summed E-state index contributed by atoms with van der Waals surface area (Å²) in [6.07, 6.45) is 1.65. The van der Waals surface area contributed by atoms with Gasteiger partial charge in [-0.1, -0.05) is 41.0 Å². The zero-order chi connectivity index (χ0) is 15.5. The molecule has 1 N–H and O–H groups in total. The van der Waals surface area contributed by atoms with E-state index in [9.17, 15) is 0 Å². The summed E-state index contributed by atoms with van der Waals surface area (Å²) < 4.78 is 0. The van der Waals surface area contributed by atoms with Gasteiger partial charge in [0.1, 0.15) is 5.03 Å². The zero-order valence-corrected chi connectivity index (χ0v) is 14.6. The number of aromatic nitrogens is 1. The Morgan fingerprint density at radius 3 is 2.48 bits per heavy atom. The van der Waals surface area contributed by atoms with Crippen molar-refractivity contribution in [3.63, 3.8) is 0 Å². The Kier molecular flexibility index (Phi) is 5.55. The van der Waals surface area contributed by atoms with Crippen LogP contribution in [0.15, 0.2) is 46.5 Å². The van der Waals surface area contributed by atoms with Gasteiger partial charge in [0, 0.05) is 28.2 Å². The highest BCUT2D eigenvalue weighted by molar-refractivity contribution is 7.99. The fourth-order valence-electron chi connectivity index (χ4n) is 1.64. The summed E-state index contributed by atoms with van der Waals surface area (Å²) in [5, 5.41) is 5.74. The molecule has 0 bridgehead atoms. The van der Waals surface area contributed by atoms with Crippen LogP contribution in [0.1, 0.15) is 26.3 Å². The molecule has 1 heterocycles. The second kappa shape index (κ2) is 7.01. The summed E-state index contributed by atoms with van der Waals surface area (Å²) in [4.78, 5) is 5.33. The number of rotatable bonds is 4. The molecule has 5 heteroatoms. The lowest BCUT2D eigenvalue weighted by Crippen LogP contribution is -2.35. The SMILES string of the molecule is CC(C)(C)NCc1ccc(Sc2ccc(Cl)cn2)cc1Cl. The minimum Gasteiger partial charge on any atom is -0.308 e. The van der Waals surface area contributed by atoms with Crippen LogP contribution < -0.4 is 5.32 Å². The highest BCUT2D eigenvalue weighted by Gasteiger charge is 2.10. The van der Waals surface area contributed by atoms with Gasteiger partial charge in [-0.15, -0.1) is 0 Å². The Labute approximate surface area is 140 Å². The summed E-state index contributed by atoms with van der Waals surface area (Å²) in [5.74, 6) is 0. The molecule has 0 radical (unpaired) electrons. The molecule has 0 saturated carbocycles. The average molecular weight is 341 g/mol. The van der Waals surface area contributed by atoms with Gasteiger partial charge in [-0.2, -0.15) is 0 Å². The smallest absolute Gasteiger partial charge is 0.101 e. The Morgan fingerprint density at radius 2 is 1.90 bits per heavy atom. The van der Waals surface area contributed by atoms with Crippen LogP contribution in [0, 0.1) is 0 Å². The zero-order valence-electron chi connectivity index (χ0n) is 12.3. The summed E-state index contributed by atoms with van der Waals surface area (Å²) in [5.41, 5.74) is 1.17. The van der Waals surface area contributed by atoms with Crippen LogP contribution in [-0.4, -0.2) is 10.5 Å². The molecule has 0 unspecified atom stereocenters. The van der Waals surface area contributed by atoms with Crippen LogP contribution >= 0.6 is 35.0 Å². The number of halogens is 2. The van der Waals surface area contributed by atoms with E-state index in [0.29, 0.717) is 5.02 Å². The first-order chi connectivity index (χ1) is 9.83. The first-order valence-corrected chi connectivity index (χ1v) is 8.23. The predicted molar refractivity (Wildman–Crippen MR) is 91.4 cm³/mol. The standard InChI is InChI=1S/C16H18Cl2N2S/c1-16(2,3)20-9-11-4-6-13(8-14(11)18)21-15-7-5-12(17)10-19-15/h4-8,10,20H,9H2,1-3H3. The number of nitrogens with one attached hydrogen (secondary N) is 1. The molecule has 0 amide bonds. The third-order valence-corrected chi connectivity index (χ3v) is 4.27. The minimum atomic E-state index is 0.0734. The van der Waals surface area contributed by atoms with E-state index in [1.807, 2.05) is 18.2 Å². The molecular formula is C16H18Cl2N2S. The fraction of sp³-hybridized carbons (Fsp3) is 0.312. The number of pyridine rings is 1. The van der Waals surface area contributed by atoms with E-state index in [0.717, 1.165) is 27.1 Å². The lowest BCUT2D eigenvalue weighted by atomic mass is 10.1. The van der Waals surface area contributed by atoms with Gasteiger partial charge in [-0.05, 0) is 50.6 Å². The molecule has 0 saturated heterocycles. The van der Waals surface area contributed by atoms with Crippen LogP contribution in [0.5, 0.6) is 0 Å². The normalized spacial score (nSPS) is 11.7. The Hall–Kier alpha value is -0.740. The van der Waals surface area contributed by atoms with Crippen molar-refractivity contribution in [3.05, 3.63) is 52.1 Å². The maximum atomic E-state index is 6.35. The van der Waals surface area contributed by atoms with Crippen molar-refractivity contribution in [3.8, 4) is 0 Å². The quantitative estimate of drug-likeness (QED) is 0.803. The molecule has 1 aromatic carbocycles. The number of nitrogens with zero attached hydrogens (tertiary/aromatic N) is 1. The summed E-state index contributed by atoms with van der Waals surface area (Å²) in [7, 11) is 0. The van der Waals surface area contributed by atoms with E-state index in [1.165, 1.54) is 0 Å². The van der Waals surface area contributed by atoms with Crippen molar-refractivity contribution >= 4 is 35.0 Å². The molecule has 0 atom stereocenters. The summed E-state index contributed by atoms with van der Waals surface area (Å²) in [6, 6.07) is 9.82. The van der Waals surface area contributed by atoms with Crippen molar-refractivity contribution in [1.82, 2.24) is 10.3 Å². The summed E-state index contributed by atoms with van der Waals surface area (Å²) >= 11 is 13.8. The molecule has 2 aromatic rings. The number of hydrogen-bond donors (Lipinski definition) is 1. The second-order valence-electron chi connectivity index (χ2n) is 5.77. The van der Waals surface area contributed by atoms with Gasteiger partial charge >= 0.3 is 0 Å². The Morgan fingerprint density at radius 1 is 1.14 bits per heavy atom. The van der Waals surface area contributed by atoms with Gasteiger partial charge in [0.15, 0.2) is 0 Å². The number of benzene rings is 1. The average Bonchev–Trinajstić information content (AvgIpc) is 2.39.